The van der Waals surface area contributed by atoms with E-state index in [9.17, 15) is 0 Å². The summed E-state index contributed by atoms with van der Waals surface area (Å²) in [6.07, 6.45) is 1.05. The molecule has 1 unspecified atom stereocenters. The summed E-state index contributed by atoms with van der Waals surface area (Å²) >= 11 is 1.71. The minimum Gasteiger partial charge on any atom is -0.301 e. The van der Waals surface area contributed by atoms with Crippen molar-refractivity contribution in [2.75, 3.05) is 7.05 Å². The number of nitriles is 1. The first-order chi connectivity index (χ1) is 5.81. The second-order valence-corrected chi connectivity index (χ2v) is 3.71. The molecule has 0 fully saturated rings. The van der Waals surface area contributed by atoms with Gasteiger partial charge in [-0.2, -0.15) is 5.26 Å². The highest BCUT2D eigenvalue weighted by molar-refractivity contribution is 7.12. The standard InChI is InChI=1S/C9H12N2S/c1-3-7-4-5-9(12-7)8(6-10)11-2/h4-5,8,11H,3H2,1-2H3. The number of thiophene rings is 1. The molecule has 12 heavy (non-hydrogen) atoms. The highest BCUT2D eigenvalue weighted by Crippen LogP contribution is 2.22. The smallest absolute Gasteiger partial charge is 0.130 e. The minimum absolute atomic E-state index is 0.143. The van der Waals surface area contributed by atoms with Crippen molar-refractivity contribution >= 4 is 11.3 Å². The summed E-state index contributed by atoms with van der Waals surface area (Å²) in [7, 11) is 1.80. The van der Waals surface area contributed by atoms with Crippen LogP contribution in [0.3, 0.4) is 0 Å². The van der Waals surface area contributed by atoms with Gasteiger partial charge < -0.3 is 5.32 Å². The number of nitrogens with zero attached hydrogens (tertiary/aromatic N) is 1. The highest BCUT2D eigenvalue weighted by atomic mass is 32.1. The fourth-order valence-corrected chi connectivity index (χ4v) is 2.02. The highest BCUT2D eigenvalue weighted by Gasteiger charge is 2.09. The fourth-order valence-electron chi connectivity index (χ4n) is 1.01. The van der Waals surface area contributed by atoms with Crippen molar-refractivity contribution in [1.82, 2.24) is 5.32 Å². The van der Waals surface area contributed by atoms with Gasteiger partial charge in [0.05, 0.1) is 6.07 Å². The second kappa shape index (κ2) is 4.24. The van der Waals surface area contributed by atoms with Crippen molar-refractivity contribution < 1.29 is 0 Å². The molecule has 0 saturated heterocycles. The third kappa shape index (κ3) is 1.84. The van der Waals surface area contributed by atoms with E-state index in [2.05, 4.69) is 24.4 Å². The van der Waals surface area contributed by atoms with Crippen LogP contribution in [0.2, 0.25) is 0 Å². The van der Waals surface area contributed by atoms with E-state index in [1.54, 1.807) is 18.4 Å². The monoisotopic (exact) mass is 180 g/mol. The van der Waals surface area contributed by atoms with Crippen LogP contribution < -0.4 is 5.32 Å². The Morgan fingerprint density at radius 2 is 2.42 bits per heavy atom. The predicted octanol–water partition coefficient (Wildman–Crippen LogP) is 2.09. The molecule has 1 aromatic heterocycles. The van der Waals surface area contributed by atoms with Crippen LogP contribution in [0.4, 0.5) is 0 Å². The molecule has 0 aromatic carbocycles. The molecule has 0 aliphatic rings. The van der Waals surface area contributed by atoms with Crippen LogP contribution in [-0.4, -0.2) is 7.05 Å². The summed E-state index contributed by atoms with van der Waals surface area (Å²) in [5, 5.41) is 11.7. The number of aryl methyl sites for hydroxylation is 1. The summed E-state index contributed by atoms with van der Waals surface area (Å²) in [5.41, 5.74) is 0. The zero-order valence-corrected chi connectivity index (χ0v) is 8.11. The molecule has 1 atom stereocenters. The molecule has 0 saturated carbocycles. The molecule has 0 amide bonds. The third-order valence-electron chi connectivity index (χ3n) is 1.73. The van der Waals surface area contributed by atoms with Gasteiger partial charge in [-0.25, -0.2) is 0 Å². The van der Waals surface area contributed by atoms with Crippen molar-refractivity contribution in [3.05, 3.63) is 21.9 Å². The fraction of sp³-hybridized carbons (Fsp3) is 0.444. The Bertz CT molecular complexity index is 285. The van der Waals surface area contributed by atoms with Gasteiger partial charge in [0.2, 0.25) is 0 Å². The molecular weight excluding hydrogens is 168 g/mol. The lowest BCUT2D eigenvalue weighted by atomic mass is 10.2. The largest absolute Gasteiger partial charge is 0.301 e. The van der Waals surface area contributed by atoms with Crippen molar-refractivity contribution in [3.63, 3.8) is 0 Å². The molecule has 1 N–H and O–H groups in total. The normalized spacial score (nSPS) is 12.4. The first-order valence-corrected chi connectivity index (χ1v) is 4.79. The average molecular weight is 180 g/mol. The number of nitrogens with one attached hydrogen (secondary N) is 1. The molecule has 1 heterocycles. The van der Waals surface area contributed by atoms with E-state index in [0.717, 1.165) is 11.3 Å². The van der Waals surface area contributed by atoms with Gasteiger partial charge in [-0.05, 0) is 25.6 Å². The molecular formula is C9H12N2S. The molecule has 0 spiro atoms. The van der Waals surface area contributed by atoms with E-state index < -0.39 is 0 Å². The Kier molecular flexibility index (Phi) is 3.27. The van der Waals surface area contributed by atoms with E-state index >= 15 is 0 Å². The minimum atomic E-state index is -0.143. The Morgan fingerprint density at radius 3 is 2.83 bits per heavy atom. The third-order valence-corrected chi connectivity index (χ3v) is 3.03. The van der Waals surface area contributed by atoms with Gasteiger partial charge in [0.15, 0.2) is 0 Å². The first-order valence-electron chi connectivity index (χ1n) is 3.97. The quantitative estimate of drug-likeness (QED) is 0.773. The molecule has 64 valence electrons. The van der Waals surface area contributed by atoms with Crippen LogP contribution in [0.15, 0.2) is 12.1 Å². The van der Waals surface area contributed by atoms with Gasteiger partial charge in [-0.15, -0.1) is 11.3 Å². The molecule has 0 aliphatic heterocycles. The van der Waals surface area contributed by atoms with Crippen LogP contribution >= 0.6 is 11.3 Å². The Hall–Kier alpha value is -0.850. The maximum absolute atomic E-state index is 8.76. The lowest BCUT2D eigenvalue weighted by Crippen LogP contribution is -2.12. The Morgan fingerprint density at radius 1 is 1.67 bits per heavy atom. The van der Waals surface area contributed by atoms with E-state index in [-0.39, 0.29) is 6.04 Å². The topological polar surface area (TPSA) is 35.8 Å². The summed E-state index contributed by atoms with van der Waals surface area (Å²) in [6.45, 7) is 2.12. The van der Waals surface area contributed by atoms with Gasteiger partial charge in [0.1, 0.15) is 6.04 Å². The number of rotatable bonds is 3. The van der Waals surface area contributed by atoms with Crippen LogP contribution in [0, 0.1) is 11.3 Å². The number of hydrogen-bond donors (Lipinski definition) is 1. The summed E-state index contributed by atoms with van der Waals surface area (Å²) in [5.74, 6) is 0. The maximum atomic E-state index is 8.76. The lowest BCUT2D eigenvalue weighted by Gasteiger charge is -2.02. The molecule has 1 aromatic rings. The van der Waals surface area contributed by atoms with Crippen LogP contribution in [0.5, 0.6) is 0 Å². The molecule has 0 radical (unpaired) electrons. The van der Waals surface area contributed by atoms with Crippen LogP contribution in [0.25, 0.3) is 0 Å². The molecule has 3 heteroatoms. The summed E-state index contributed by atoms with van der Waals surface area (Å²) in [6, 6.07) is 6.17. The molecule has 0 bridgehead atoms. The Balaban J connectivity index is 2.81. The number of hydrogen-bond acceptors (Lipinski definition) is 3. The summed E-state index contributed by atoms with van der Waals surface area (Å²) < 4.78 is 0. The lowest BCUT2D eigenvalue weighted by molar-refractivity contribution is 0.740. The molecule has 2 nitrogen and oxygen atoms in total. The van der Waals surface area contributed by atoms with Crippen LogP contribution in [0.1, 0.15) is 22.7 Å². The van der Waals surface area contributed by atoms with Crippen molar-refractivity contribution in [2.45, 2.75) is 19.4 Å². The van der Waals surface area contributed by atoms with Gasteiger partial charge in [-0.3, -0.25) is 0 Å². The van der Waals surface area contributed by atoms with Gasteiger partial charge >= 0.3 is 0 Å². The zero-order chi connectivity index (χ0) is 8.97. The summed E-state index contributed by atoms with van der Waals surface area (Å²) in [4.78, 5) is 2.44. The van der Waals surface area contributed by atoms with Gasteiger partial charge in [0.25, 0.3) is 0 Å². The maximum Gasteiger partial charge on any atom is 0.130 e. The van der Waals surface area contributed by atoms with E-state index in [1.807, 2.05) is 6.07 Å². The average Bonchev–Trinajstić information content (AvgIpc) is 2.55. The van der Waals surface area contributed by atoms with E-state index in [1.165, 1.54) is 4.88 Å². The van der Waals surface area contributed by atoms with Crippen molar-refractivity contribution in [1.29, 1.82) is 5.26 Å². The Labute approximate surface area is 76.8 Å². The zero-order valence-electron chi connectivity index (χ0n) is 7.29. The van der Waals surface area contributed by atoms with Crippen LogP contribution in [-0.2, 0) is 6.42 Å². The van der Waals surface area contributed by atoms with Gasteiger partial charge in [0, 0.05) is 9.75 Å². The van der Waals surface area contributed by atoms with Crippen molar-refractivity contribution in [2.24, 2.45) is 0 Å². The van der Waals surface area contributed by atoms with E-state index in [0.29, 0.717) is 0 Å². The first kappa shape index (κ1) is 9.24. The molecule has 1 rings (SSSR count). The van der Waals surface area contributed by atoms with E-state index in [4.69, 9.17) is 5.26 Å². The van der Waals surface area contributed by atoms with Crippen molar-refractivity contribution in [3.8, 4) is 6.07 Å². The second-order valence-electron chi connectivity index (χ2n) is 2.51. The predicted molar refractivity (Wildman–Crippen MR) is 51.1 cm³/mol. The van der Waals surface area contributed by atoms with Gasteiger partial charge in [-0.1, -0.05) is 6.92 Å². The SMILES string of the molecule is CCc1ccc(C(C#N)NC)s1. The molecule has 0 aliphatic carbocycles.